The third-order valence-electron chi connectivity index (χ3n) is 3.38. The Labute approximate surface area is 107 Å². The summed E-state index contributed by atoms with van der Waals surface area (Å²) in [4.78, 5) is 14.0. The Kier molecular flexibility index (Phi) is 8.44. The van der Waals surface area contributed by atoms with Crippen molar-refractivity contribution in [2.75, 3.05) is 13.6 Å². The summed E-state index contributed by atoms with van der Waals surface area (Å²) in [5.41, 5.74) is 5.94. The molecule has 2 atom stereocenters. The van der Waals surface area contributed by atoms with Crippen molar-refractivity contribution in [3.8, 4) is 0 Å². The van der Waals surface area contributed by atoms with Gasteiger partial charge in [0.15, 0.2) is 5.78 Å². The van der Waals surface area contributed by atoms with E-state index in [1.807, 2.05) is 27.7 Å². The van der Waals surface area contributed by atoms with Crippen molar-refractivity contribution >= 4 is 5.78 Å². The van der Waals surface area contributed by atoms with Gasteiger partial charge in [-0.05, 0) is 32.9 Å². The van der Waals surface area contributed by atoms with Crippen LogP contribution in [0.15, 0.2) is 0 Å². The summed E-state index contributed by atoms with van der Waals surface area (Å²) in [6.45, 7) is 8.99. The zero-order valence-electron chi connectivity index (χ0n) is 12.2. The van der Waals surface area contributed by atoms with E-state index in [4.69, 9.17) is 5.73 Å². The van der Waals surface area contributed by atoms with E-state index in [2.05, 4.69) is 11.9 Å². The lowest BCUT2D eigenvalue weighted by Crippen LogP contribution is -2.44. The first-order valence-corrected chi connectivity index (χ1v) is 7.02. The largest absolute Gasteiger partial charge is 0.321 e. The van der Waals surface area contributed by atoms with Crippen molar-refractivity contribution in [2.24, 2.45) is 11.7 Å². The van der Waals surface area contributed by atoms with Crippen molar-refractivity contribution < 1.29 is 4.79 Å². The predicted octanol–water partition coefficient (Wildman–Crippen LogP) is 2.44. The Morgan fingerprint density at radius 1 is 1.35 bits per heavy atom. The molecule has 0 spiro atoms. The average molecular weight is 242 g/mol. The van der Waals surface area contributed by atoms with Gasteiger partial charge in [-0.3, -0.25) is 4.79 Å². The quantitative estimate of drug-likeness (QED) is 0.823. The van der Waals surface area contributed by atoms with E-state index in [0.29, 0.717) is 6.04 Å². The van der Waals surface area contributed by atoms with Crippen LogP contribution in [0.4, 0.5) is 0 Å². The normalized spacial score (nSPS) is 22.9. The smallest absolute Gasteiger partial charge is 0.152 e. The number of nitrogens with two attached hydrogens (primary N) is 1. The monoisotopic (exact) mass is 242 g/mol. The molecule has 0 aliphatic carbocycles. The van der Waals surface area contributed by atoms with Crippen LogP contribution in [0.5, 0.6) is 0 Å². The number of piperidine rings is 1. The van der Waals surface area contributed by atoms with E-state index in [0.717, 1.165) is 13.0 Å². The summed E-state index contributed by atoms with van der Waals surface area (Å²) in [5.74, 6) is 0.267. The second-order valence-corrected chi connectivity index (χ2v) is 5.03. The van der Waals surface area contributed by atoms with Gasteiger partial charge in [-0.1, -0.05) is 34.1 Å². The molecule has 0 radical (unpaired) electrons. The molecule has 0 aromatic carbocycles. The first kappa shape index (κ1) is 16.6. The molecule has 0 amide bonds. The van der Waals surface area contributed by atoms with E-state index < -0.39 is 0 Å². The molecule has 1 aliphatic heterocycles. The van der Waals surface area contributed by atoms with Crippen LogP contribution in [0.2, 0.25) is 0 Å². The van der Waals surface area contributed by atoms with E-state index in [-0.39, 0.29) is 17.7 Å². The van der Waals surface area contributed by atoms with Gasteiger partial charge in [-0.2, -0.15) is 0 Å². The molecule has 102 valence electrons. The van der Waals surface area contributed by atoms with Crippen LogP contribution >= 0.6 is 0 Å². The fourth-order valence-corrected chi connectivity index (χ4v) is 2.28. The van der Waals surface area contributed by atoms with Crippen LogP contribution in [0.3, 0.4) is 0 Å². The Morgan fingerprint density at radius 2 is 1.94 bits per heavy atom. The van der Waals surface area contributed by atoms with Gasteiger partial charge in [-0.25, -0.2) is 0 Å². The standard InChI is InChI=1S/C12H24N2O.C2H6/c1-9(2)12(15)11(13)8-10-6-4-5-7-14(10)3;1-2/h9-11H,4-8,13H2,1-3H3;1-2H3. The molecule has 2 N–H and O–H groups in total. The van der Waals surface area contributed by atoms with Gasteiger partial charge in [0, 0.05) is 12.0 Å². The number of hydrogen-bond donors (Lipinski definition) is 1. The lowest BCUT2D eigenvalue weighted by atomic mass is 9.92. The summed E-state index contributed by atoms with van der Waals surface area (Å²) >= 11 is 0. The number of carbonyl (C=O) groups is 1. The van der Waals surface area contributed by atoms with Gasteiger partial charge < -0.3 is 10.6 Å². The number of Topliss-reactive ketones (excluding diaryl/α,β-unsaturated/α-hetero) is 1. The number of likely N-dealkylation sites (tertiary alicyclic amines) is 1. The van der Waals surface area contributed by atoms with Crippen LogP contribution in [-0.2, 0) is 4.79 Å². The SMILES string of the molecule is CC.CC(C)C(=O)C(N)CC1CCCCN1C. The molecule has 0 saturated carbocycles. The number of ketones is 1. The highest BCUT2D eigenvalue weighted by Gasteiger charge is 2.25. The molecule has 17 heavy (non-hydrogen) atoms. The topological polar surface area (TPSA) is 46.3 Å². The Hall–Kier alpha value is -0.410. The molecule has 1 rings (SSSR count). The first-order chi connectivity index (χ1) is 8.02. The first-order valence-electron chi connectivity index (χ1n) is 7.02. The number of nitrogens with zero attached hydrogens (tertiary/aromatic N) is 1. The molecular weight excluding hydrogens is 212 g/mol. The van der Waals surface area contributed by atoms with Crippen molar-refractivity contribution in [1.29, 1.82) is 0 Å². The highest BCUT2D eigenvalue weighted by Crippen LogP contribution is 2.19. The molecule has 0 bridgehead atoms. The van der Waals surface area contributed by atoms with Gasteiger partial charge in [0.1, 0.15) is 0 Å². The highest BCUT2D eigenvalue weighted by atomic mass is 16.1. The molecule has 2 unspecified atom stereocenters. The lowest BCUT2D eigenvalue weighted by Gasteiger charge is -2.34. The average Bonchev–Trinajstić information content (AvgIpc) is 2.33. The number of hydrogen-bond acceptors (Lipinski definition) is 3. The van der Waals surface area contributed by atoms with Crippen LogP contribution in [0.25, 0.3) is 0 Å². The third-order valence-corrected chi connectivity index (χ3v) is 3.38. The Bertz CT molecular complexity index is 216. The van der Waals surface area contributed by atoms with E-state index >= 15 is 0 Å². The van der Waals surface area contributed by atoms with Crippen molar-refractivity contribution in [2.45, 2.75) is 65.5 Å². The maximum absolute atomic E-state index is 11.7. The summed E-state index contributed by atoms with van der Waals surface area (Å²) in [6, 6.07) is 0.243. The van der Waals surface area contributed by atoms with Crippen LogP contribution in [0, 0.1) is 5.92 Å². The molecule has 1 heterocycles. The van der Waals surface area contributed by atoms with Crippen LogP contribution < -0.4 is 5.73 Å². The van der Waals surface area contributed by atoms with Crippen molar-refractivity contribution in [3.63, 3.8) is 0 Å². The second-order valence-electron chi connectivity index (χ2n) is 5.03. The molecule has 0 aromatic rings. The van der Waals surface area contributed by atoms with E-state index in [1.165, 1.54) is 19.3 Å². The molecular formula is C14H30N2O. The minimum Gasteiger partial charge on any atom is -0.321 e. The molecule has 3 nitrogen and oxygen atoms in total. The molecule has 1 fully saturated rings. The second kappa shape index (κ2) is 8.65. The molecule has 3 heteroatoms. The zero-order valence-corrected chi connectivity index (χ0v) is 12.2. The van der Waals surface area contributed by atoms with Gasteiger partial charge >= 0.3 is 0 Å². The lowest BCUT2D eigenvalue weighted by molar-refractivity contribution is -0.123. The fourth-order valence-electron chi connectivity index (χ4n) is 2.28. The zero-order chi connectivity index (χ0) is 13.4. The van der Waals surface area contributed by atoms with Gasteiger partial charge in [0.05, 0.1) is 6.04 Å². The van der Waals surface area contributed by atoms with E-state index in [9.17, 15) is 4.79 Å². The summed E-state index contributed by atoms with van der Waals surface area (Å²) < 4.78 is 0. The Balaban J connectivity index is 0.00000121. The van der Waals surface area contributed by atoms with E-state index in [1.54, 1.807) is 0 Å². The third kappa shape index (κ3) is 5.64. The molecule has 1 aliphatic rings. The number of rotatable bonds is 4. The molecule has 0 aromatic heterocycles. The maximum Gasteiger partial charge on any atom is 0.152 e. The van der Waals surface area contributed by atoms with Gasteiger partial charge in [0.2, 0.25) is 0 Å². The summed E-state index contributed by atoms with van der Waals surface area (Å²) in [7, 11) is 2.14. The highest BCUT2D eigenvalue weighted by molar-refractivity contribution is 5.85. The molecule has 1 saturated heterocycles. The minimum atomic E-state index is -0.268. The van der Waals surface area contributed by atoms with Crippen molar-refractivity contribution in [1.82, 2.24) is 4.90 Å². The maximum atomic E-state index is 11.7. The summed E-state index contributed by atoms with van der Waals surface area (Å²) in [5, 5.41) is 0. The predicted molar refractivity (Wildman–Crippen MR) is 74.1 cm³/mol. The summed E-state index contributed by atoms with van der Waals surface area (Å²) in [6.07, 6.45) is 4.57. The van der Waals surface area contributed by atoms with Gasteiger partial charge in [0.25, 0.3) is 0 Å². The number of carbonyl (C=O) groups excluding carboxylic acids is 1. The Morgan fingerprint density at radius 3 is 2.41 bits per heavy atom. The van der Waals surface area contributed by atoms with Crippen LogP contribution in [-0.4, -0.2) is 36.4 Å². The fraction of sp³-hybridized carbons (Fsp3) is 0.929. The van der Waals surface area contributed by atoms with Crippen molar-refractivity contribution in [3.05, 3.63) is 0 Å². The minimum absolute atomic E-state index is 0.0638. The van der Waals surface area contributed by atoms with Crippen LogP contribution in [0.1, 0.15) is 53.4 Å². The van der Waals surface area contributed by atoms with Gasteiger partial charge in [-0.15, -0.1) is 0 Å².